The number of amides is 2. The quantitative estimate of drug-likeness (QED) is 0.153. The van der Waals surface area contributed by atoms with Crippen LogP contribution in [0.3, 0.4) is 0 Å². The molecule has 4 N–H and O–H groups in total. The molecule has 14 nitrogen and oxygen atoms in total. The number of nitrogen functional groups attached to an aromatic ring is 2. The van der Waals surface area contributed by atoms with Crippen LogP contribution in [0.2, 0.25) is 0 Å². The van der Waals surface area contributed by atoms with E-state index in [0.29, 0.717) is 37.8 Å². The Kier molecular flexibility index (Phi) is 9.29. The van der Waals surface area contributed by atoms with E-state index >= 15 is 0 Å². The topological polar surface area (TPSA) is 173 Å². The molecule has 0 spiro atoms. The summed E-state index contributed by atoms with van der Waals surface area (Å²) in [4.78, 5) is 46.7. The number of anilines is 2. The van der Waals surface area contributed by atoms with Crippen LogP contribution in [0.15, 0.2) is 98.9 Å². The number of carbonyl (C=O) groups is 2. The van der Waals surface area contributed by atoms with E-state index in [9.17, 15) is 9.59 Å². The van der Waals surface area contributed by atoms with Gasteiger partial charge in [0, 0.05) is 64.2 Å². The van der Waals surface area contributed by atoms with Gasteiger partial charge in [-0.2, -0.15) is 0 Å². The second kappa shape index (κ2) is 14.6. The molecular formula is C42H38N10O4S2. The van der Waals surface area contributed by atoms with E-state index in [1.807, 2.05) is 24.3 Å². The third-order valence-electron chi connectivity index (χ3n) is 10.7. The zero-order valence-corrected chi connectivity index (χ0v) is 33.3. The third-order valence-corrected chi connectivity index (χ3v) is 13.1. The van der Waals surface area contributed by atoms with Crippen LogP contribution >= 0.6 is 22.7 Å². The molecule has 16 heteroatoms. The minimum atomic E-state index is -0.0522. The van der Waals surface area contributed by atoms with E-state index in [0.717, 1.165) is 74.6 Å². The standard InChI is InChI=1S/2C21H19N5O2S/c1-3-18(27)25-8-13(9-25)26-10-15(19-20(22)23-11-24-21(19)26)17-6-12-4-5-14(28-2)7-16(12)29-17;1-3-17(27)25-8-13(9-25)26-10-14(18-20(22)23-11-24-21(18)26)16-7-12-5-4-6-15(28-2)19(12)29-16/h2*3-7,10-11,13H,1,8-9H2,2H3,(H2,22,23,24). The summed E-state index contributed by atoms with van der Waals surface area (Å²) in [5.74, 6) is 2.49. The first-order chi connectivity index (χ1) is 28.2. The van der Waals surface area contributed by atoms with E-state index in [1.54, 1.807) is 46.7 Å². The molecule has 8 aromatic rings. The number of hydrogen-bond acceptors (Lipinski definition) is 12. The van der Waals surface area contributed by atoms with E-state index in [-0.39, 0.29) is 23.9 Å². The summed E-state index contributed by atoms with van der Waals surface area (Å²) in [7, 11) is 3.35. The summed E-state index contributed by atoms with van der Waals surface area (Å²) in [6.45, 7) is 9.61. The van der Waals surface area contributed by atoms with Crippen molar-refractivity contribution in [2.24, 2.45) is 0 Å². The Morgan fingerprint density at radius 3 is 1.81 bits per heavy atom. The first kappa shape index (κ1) is 36.8. The Morgan fingerprint density at radius 1 is 0.724 bits per heavy atom. The normalized spacial score (nSPS) is 14.3. The monoisotopic (exact) mass is 810 g/mol. The molecule has 0 radical (unpaired) electrons. The SMILES string of the molecule is C=CC(=O)N1CC(n2cc(-c3cc4ccc(OC)cc4s3)c3c(N)ncnc32)C1.C=CC(=O)N1CC(n2cc(-c3cc4cccc(OC)c4s3)c3c(N)ncnc32)C1. The lowest BCUT2D eigenvalue weighted by Crippen LogP contribution is -2.50. The summed E-state index contributed by atoms with van der Waals surface area (Å²) >= 11 is 3.34. The molecule has 10 rings (SSSR count). The fourth-order valence-corrected chi connectivity index (χ4v) is 9.90. The smallest absolute Gasteiger partial charge is 0.246 e. The highest BCUT2D eigenvalue weighted by molar-refractivity contribution is 7.23. The van der Waals surface area contributed by atoms with Gasteiger partial charge >= 0.3 is 0 Å². The van der Waals surface area contributed by atoms with Gasteiger partial charge in [-0.05, 0) is 59.3 Å². The number of fused-ring (bicyclic) bond motifs is 4. The minimum Gasteiger partial charge on any atom is -0.497 e. The Bertz CT molecular complexity index is 2930. The predicted octanol–water partition coefficient (Wildman–Crippen LogP) is 6.95. The van der Waals surface area contributed by atoms with Crippen LogP contribution in [-0.4, -0.2) is 91.1 Å². The predicted molar refractivity (Wildman–Crippen MR) is 230 cm³/mol. The number of aromatic nitrogens is 6. The molecule has 2 aromatic carbocycles. The summed E-state index contributed by atoms with van der Waals surface area (Å²) in [5, 5.41) is 3.95. The molecule has 2 fully saturated rings. The average molecular weight is 811 g/mol. The Labute approximate surface area is 340 Å². The van der Waals surface area contributed by atoms with Crippen LogP contribution in [-0.2, 0) is 9.59 Å². The van der Waals surface area contributed by atoms with Crippen molar-refractivity contribution in [2.75, 3.05) is 51.9 Å². The van der Waals surface area contributed by atoms with E-state index in [1.165, 1.54) is 24.8 Å². The van der Waals surface area contributed by atoms with Crippen molar-refractivity contribution in [2.45, 2.75) is 12.1 Å². The number of rotatable bonds is 8. The fourth-order valence-electron chi connectivity index (χ4n) is 7.63. The first-order valence-electron chi connectivity index (χ1n) is 18.4. The number of carbonyl (C=O) groups excluding carboxylic acids is 2. The zero-order valence-electron chi connectivity index (χ0n) is 31.7. The van der Waals surface area contributed by atoms with Gasteiger partial charge in [0.25, 0.3) is 0 Å². The maximum atomic E-state index is 11.8. The molecule has 0 unspecified atom stereocenters. The van der Waals surface area contributed by atoms with Crippen LogP contribution in [0.4, 0.5) is 11.6 Å². The van der Waals surface area contributed by atoms with Gasteiger partial charge in [0.2, 0.25) is 11.8 Å². The van der Waals surface area contributed by atoms with E-state index in [4.69, 9.17) is 20.9 Å². The van der Waals surface area contributed by atoms with Gasteiger partial charge in [-0.3, -0.25) is 9.59 Å². The molecule has 6 aromatic heterocycles. The number of nitrogens with two attached hydrogens (primary N) is 2. The molecule has 58 heavy (non-hydrogen) atoms. The molecule has 0 bridgehead atoms. The lowest BCUT2D eigenvalue weighted by molar-refractivity contribution is -0.132. The van der Waals surface area contributed by atoms with Crippen LogP contribution in [0, 0.1) is 0 Å². The van der Waals surface area contributed by atoms with Crippen molar-refractivity contribution in [1.29, 1.82) is 0 Å². The van der Waals surface area contributed by atoms with Gasteiger partial charge in [0.15, 0.2) is 0 Å². The van der Waals surface area contributed by atoms with Crippen LogP contribution in [0.5, 0.6) is 11.5 Å². The Balaban J connectivity index is 0.000000150. The summed E-state index contributed by atoms with van der Waals surface area (Å²) in [6.07, 6.45) is 9.82. The zero-order chi connectivity index (χ0) is 40.2. The highest BCUT2D eigenvalue weighted by Gasteiger charge is 2.34. The number of methoxy groups -OCH3 is 2. The van der Waals surface area contributed by atoms with Crippen molar-refractivity contribution in [3.63, 3.8) is 0 Å². The molecule has 2 aliphatic heterocycles. The second-order valence-corrected chi connectivity index (χ2v) is 16.2. The number of hydrogen-bond donors (Lipinski definition) is 2. The number of likely N-dealkylation sites (tertiary alicyclic amines) is 2. The molecule has 0 saturated carbocycles. The molecule has 2 amide bonds. The van der Waals surface area contributed by atoms with Crippen LogP contribution in [0.1, 0.15) is 12.1 Å². The van der Waals surface area contributed by atoms with Gasteiger partial charge in [0.05, 0.1) is 41.8 Å². The summed E-state index contributed by atoms with van der Waals surface area (Å²) < 4.78 is 17.3. The second-order valence-electron chi connectivity index (χ2n) is 14.0. The van der Waals surface area contributed by atoms with Gasteiger partial charge in [-0.15, -0.1) is 22.7 Å². The third kappa shape index (κ3) is 6.17. The highest BCUT2D eigenvalue weighted by atomic mass is 32.1. The van der Waals surface area contributed by atoms with Gasteiger partial charge in [0.1, 0.15) is 47.1 Å². The molecule has 0 aliphatic carbocycles. The lowest BCUT2D eigenvalue weighted by atomic mass is 10.1. The summed E-state index contributed by atoms with van der Waals surface area (Å²) in [5.41, 5.74) is 16.1. The minimum absolute atomic E-state index is 0.0504. The molecular weight excluding hydrogens is 773 g/mol. The van der Waals surface area contributed by atoms with Gasteiger partial charge in [-0.1, -0.05) is 25.3 Å². The molecule has 2 aliphatic rings. The Hall–Kier alpha value is -6.78. The van der Waals surface area contributed by atoms with Crippen molar-refractivity contribution >= 4 is 88.4 Å². The number of ether oxygens (including phenoxy) is 2. The van der Waals surface area contributed by atoms with Crippen LogP contribution in [0.25, 0.3) is 63.1 Å². The Morgan fingerprint density at radius 2 is 1.28 bits per heavy atom. The first-order valence-corrected chi connectivity index (χ1v) is 20.0. The van der Waals surface area contributed by atoms with E-state index in [2.05, 4.69) is 78.9 Å². The fraction of sp³-hybridized carbons (Fsp3) is 0.190. The van der Waals surface area contributed by atoms with Crippen molar-refractivity contribution in [1.82, 2.24) is 38.9 Å². The maximum absolute atomic E-state index is 11.8. The average Bonchev–Trinajstić information content (AvgIpc) is 4.00. The maximum Gasteiger partial charge on any atom is 0.246 e. The van der Waals surface area contributed by atoms with Gasteiger partial charge in [-0.25, -0.2) is 19.9 Å². The molecule has 292 valence electrons. The van der Waals surface area contributed by atoms with E-state index < -0.39 is 0 Å². The van der Waals surface area contributed by atoms with Crippen molar-refractivity contribution in [3.05, 3.63) is 98.9 Å². The summed E-state index contributed by atoms with van der Waals surface area (Å²) in [6, 6.07) is 16.7. The molecule has 0 atom stereocenters. The molecule has 8 heterocycles. The molecule has 2 saturated heterocycles. The highest BCUT2D eigenvalue weighted by Crippen LogP contribution is 2.44. The lowest BCUT2D eigenvalue weighted by Gasteiger charge is -2.39. The van der Waals surface area contributed by atoms with Crippen molar-refractivity contribution in [3.8, 4) is 32.4 Å². The number of benzene rings is 2. The number of thiophene rings is 2. The number of nitrogens with zero attached hydrogens (tertiary/aromatic N) is 8. The van der Waals surface area contributed by atoms with Gasteiger partial charge < -0.3 is 39.9 Å². The largest absolute Gasteiger partial charge is 0.497 e. The van der Waals surface area contributed by atoms with Crippen LogP contribution < -0.4 is 20.9 Å². The van der Waals surface area contributed by atoms with Crippen molar-refractivity contribution < 1.29 is 19.1 Å².